The molecular formula is C41H50Cl2N4O6S. The molecule has 0 spiro atoms. The number of benzene rings is 2. The van der Waals surface area contributed by atoms with Gasteiger partial charge in [-0.3, -0.25) is 4.90 Å². The average Bonchev–Trinajstić information content (AvgIpc) is 3.52. The summed E-state index contributed by atoms with van der Waals surface area (Å²) < 4.78 is 25.8. The molecule has 10 nitrogen and oxygen atoms in total. The highest BCUT2D eigenvalue weighted by Gasteiger charge is 2.34. The van der Waals surface area contributed by atoms with Crippen molar-refractivity contribution >= 4 is 50.7 Å². The third-order valence-corrected chi connectivity index (χ3v) is 12.8. The molecule has 4 bridgehead atoms. The minimum atomic E-state index is -1.16. The molecule has 0 unspecified atom stereocenters. The third-order valence-electron chi connectivity index (χ3n) is 10.7. The molecule has 4 aliphatic rings. The highest BCUT2D eigenvalue weighted by atomic mass is 35.5. The number of thiophene rings is 1. The molecule has 1 saturated carbocycles. The number of carbonyl (C=O) groups excluding carboxylic acids is 1. The number of rotatable bonds is 4. The van der Waals surface area contributed by atoms with Gasteiger partial charge in [0.25, 0.3) is 0 Å². The van der Waals surface area contributed by atoms with Crippen LogP contribution < -0.4 is 14.2 Å². The van der Waals surface area contributed by atoms with Crippen molar-refractivity contribution in [3.05, 3.63) is 56.1 Å². The van der Waals surface area contributed by atoms with Gasteiger partial charge in [-0.05, 0) is 95.3 Å². The molecule has 0 amide bonds. The van der Waals surface area contributed by atoms with Crippen molar-refractivity contribution < 1.29 is 28.8 Å². The Morgan fingerprint density at radius 3 is 2.39 bits per heavy atom. The molecule has 290 valence electrons. The molecule has 4 aromatic rings. The van der Waals surface area contributed by atoms with Gasteiger partial charge in [0.1, 0.15) is 41.0 Å². The lowest BCUT2D eigenvalue weighted by molar-refractivity contribution is -0.163. The van der Waals surface area contributed by atoms with Gasteiger partial charge in [-0.2, -0.15) is 0 Å². The fourth-order valence-corrected chi connectivity index (χ4v) is 9.64. The Labute approximate surface area is 331 Å². The Kier molecular flexibility index (Phi) is 11.5. The van der Waals surface area contributed by atoms with Gasteiger partial charge in [0.05, 0.1) is 15.4 Å². The molecule has 13 heteroatoms. The summed E-state index contributed by atoms with van der Waals surface area (Å²) in [4.78, 5) is 30.0. The van der Waals surface area contributed by atoms with E-state index in [4.69, 9.17) is 47.1 Å². The van der Waals surface area contributed by atoms with E-state index in [0.717, 1.165) is 78.9 Å². The van der Waals surface area contributed by atoms with Gasteiger partial charge in [-0.15, -0.1) is 11.3 Å². The van der Waals surface area contributed by atoms with Crippen LogP contribution in [0.3, 0.4) is 0 Å². The van der Waals surface area contributed by atoms with Crippen LogP contribution in [0.2, 0.25) is 10.0 Å². The summed E-state index contributed by atoms with van der Waals surface area (Å²) in [5.41, 5.74) is 3.14. The molecule has 5 heterocycles. The summed E-state index contributed by atoms with van der Waals surface area (Å²) in [5.74, 6) is 0.905. The summed E-state index contributed by atoms with van der Waals surface area (Å²) in [7, 11) is 2.13. The second-order valence-electron chi connectivity index (χ2n) is 15.9. The van der Waals surface area contributed by atoms with Crippen molar-refractivity contribution in [1.82, 2.24) is 19.8 Å². The molecule has 2 fully saturated rings. The van der Waals surface area contributed by atoms with Crippen LogP contribution in [0, 0.1) is 13.8 Å². The van der Waals surface area contributed by atoms with Gasteiger partial charge in [0.2, 0.25) is 12.0 Å². The second kappa shape index (κ2) is 16.0. The summed E-state index contributed by atoms with van der Waals surface area (Å²) in [6, 6.07) is 5.00. The fraction of sp³-hybridized carbons (Fsp3) is 0.537. The molecule has 0 radical (unpaired) electrons. The van der Waals surface area contributed by atoms with Crippen molar-refractivity contribution in [2.24, 2.45) is 0 Å². The molecule has 3 aliphatic heterocycles. The van der Waals surface area contributed by atoms with Crippen molar-refractivity contribution in [1.29, 1.82) is 0 Å². The first-order valence-electron chi connectivity index (χ1n) is 18.9. The highest BCUT2D eigenvalue weighted by molar-refractivity contribution is 7.19. The van der Waals surface area contributed by atoms with E-state index in [0.29, 0.717) is 45.0 Å². The number of likely N-dealkylation sites (N-methyl/N-ethyl adjacent to an activating group) is 1. The minimum Gasteiger partial charge on any atom is -0.508 e. The van der Waals surface area contributed by atoms with Crippen LogP contribution in [0.5, 0.6) is 23.1 Å². The lowest BCUT2D eigenvalue weighted by Gasteiger charge is -2.35. The van der Waals surface area contributed by atoms with E-state index < -0.39 is 23.8 Å². The number of halogens is 2. The van der Waals surface area contributed by atoms with E-state index in [1.54, 1.807) is 29.5 Å². The minimum absolute atomic E-state index is 0.00361. The number of nitrogens with zero attached hydrogens (tertiary/aromatic N) is 4. The van der Waals surface area contributed by atoms with E-state index >= 15 is 0 Å². The van der Waals surface area contributed by atoms with Gasteiger partial charge in [-0.1, -0.05) is 42.5 Å². The van der Waals surface area contributed by atoms with E-state index in [-0.39, 0.29) is 24.7 Å². The zero-order chi connectivity index (χ0) is 38.3. The number of phenolic OH excluding ortho intramolecular Hbond substituents is 1. The predicted octanol–water partition coefficient (Wildman–Crippen LogP) is 8.75. The van der Waals surface area contributed by atoms with E-state index in [9.17, 15) is 9.90 Å². The first-order chi connectivity index (χ1) is 25.8. The van der Waals surface area contributed by atoms with Crippen LogP contribution in [0.25, 0.3) is 21.3 Å². The van der Waals surface area contributed by atoms with Crippen molar-refractivity contribution in [3.8, 4) is 34.3 Å². The molecule has 1 aliphatic carbocycles. The number of hydrogen-bond acceptors (Lipinski definition) is 11. The molecule has 2 aromatic heterocycles. The van der Waals surface area contributed by atoms with E-state index in [2.05, 4.69) is 21.8 Å². The maximum Gasteiger partial charge on any atom is 0.348 e. The Bertz CT molecular complexity index is 1990. The standard InChI is InChI=1S/C41H50Cl2N4O6S/c1-23-31-24(2)35(43)36(34(23)42)51-28(20-47-16-14-46(6)15-17-47)21-50-27-12-13-29(48)26(18-27)19-30(40(49)53-41(3,4)5)52-38-33-32(31)37(25-10-8-7-9-11-25)54-39(33)45-22-44-38/h12-13,18,22,25,28,30,48H,7-11,14-17,19-21H2,1-6H3/t28-,30-/m1/s1. The Morgan fingerprint density at radius 1 is 1.00 bits per heavy atom. The lowest BCUT2D eigenvalue weighted by Crippen LogP contribution is -2.49. The second-order valence-corrected chi connectivity index (χ2v) is 17.7. The number of ether oxygens (including phenoxy) is 4. The fourth-order valence-electron chi connectivity index (χ4n) is 7.82. The Balaban J connectivity index is 1.44. The average molecular weight is 798 g/mol. The van der Waals surface area contributed by atoms with Gasteiger partial charge in [0, 0.05) is 55.1 Å². The number of esters is 1. The lowest BCUT2D eigenvalue weighted by atomic mass is 9.83. The smallest absolute Gasteiger partial charge is 0.348 e. The molecular weight excluding hydrogens is 747 g/mol. The quantitative estimate of drug-likeness (QED) is 0.202. The largest absolute Gasteiger partial charge is 0.508 e. The van der Waals surface area contributed by atoms with Crippen LogP contribution >= 0.6 is 34.5 Å². The zero-order valence-electron chi connectivity index (χ0n) is 32.0. The number of hydrogen-bond donors (Lipinski definition) is 1. The number of fused-ring (bicyclic) bond motifs is 7. The maximum absolute atomic E-state index is 14.0. The number of phenols is 1. The van der Waals surface area contributed by atoms with Crippen LogP contribution in [0.15, 0.2) is 24.5 Å². The Hall–Kier alpha value is -3.35. The third kappa shape index (κ3) is 8.26. The normalized spacial score (nSPS) is 20.6. The van der Waals surface area contributed by atoms with Gasteiger partial charge < -0.3 is 29.0 Å². The first-order valence-corrected chi connectivity index (χ1v) is 20.5. The van der Waals surface area contributed by atoms with Gasteiger partial charge in [-0.25, -0.2) is 14.8 Å². The van der Waals surface area contributed by atoms with Crippen LogP contribution in [-0.2, 0) is 16.0 Å². The SMILES string of the molecule is Cc1c(Cl)c2c(Cl)c(C)c1-c1c(C3CCCCC3)sc3ncnc(c13)O[C@@H](C(=O)OC(C)(C)C)Cc1cc(ccc1O)OC[C@@H](CN1CCN(C)CC1)O2. The number of aromatic hydroxyl groups is 1. The molecule has 1 N–H and O–H groups in total. The summed E-state index contributed by atoms with van der Waals surface area (Å²) in [6.45, 7) is 13.9. The van der Waals surface area contributed by atoms with Crippen LogP contribution in [0.1, 0.15) is 80.4 Å². The summed E-state index contributed by atoms with van der Waals surface area (Å²) in [6.07, 6.45) is 5.47. The van der Waals surface area contributed by atoms with Crippen LogP contribution in [-0.4, -0.2) is 95.0 Å². The summed E-state index contributed by atoms with van der Waals surface area (Å²) in [5, 5.41) is 12.7. The van der Waals surface area contributed by atoms with Gasteiger partial charge in [0.15, 0.2) is 5.75 Å². The molecule has 2 atom stereocenters. The molecule has 1 saturated heterocycles. The monoisotopic (exact) mass is 796 g/mol. The Morgan fingerprint density at radius 2 is 1.70 bits per heavy atom. The molecule has 54 heavy (non-hydrogen) atoms. The van der Waals surface area contributed by atoms with Crippen molar-refractivity contribution in [3.63, 3.8) is 0 Å². The highest BCUT2D eigenvalue weighted by Crippen LogP contribution is 2.53. The predicted molar refractivity (Wildman–Crippen MR) is 214 cm³/mol. The molecule has 8 rings (SSSR count). The van der Waals surface area contributed by atoms with Crippen molar-refractivity contribution in [2.45, 2.75) is 96.9 Å². The maximum atomic E-state index is 14.0. The number of carbonyl (C=O) groups is 1. The zero-order valence-corrected chi connectivity index (χ0v) is 34.3. The first kappa shape index (κ1) is 38.9. The number of aromatic nitrogens is 2. The summed E-state index contributed by atoms with van der Waals surface area (Å²) >= 11 is 16.3. The van der Waals surface area contributed by atoms with Gasteiger partial charge >= 0.3 is 5.97 Å². The van der Waals surface area contributed by atoms with Crippen LogP contribution in [0.4, 0.5) is 0 Å². The molecule has 2 aromatic carbocycles. The topological polar surface area (TPSA) is 106 Å². The van der Waals surface area contributed by atoms with E-state index in [1.165, 1.54) is 17.6 Å². The van der Waals surface area contributed by atoms with Crippen molar-refractivity contribution in [2.75, 3.05) is 46.4 Å². The number of piperazine rings is 1. The van der Waals surface area contributed by atoms with E-state index in [1.807, 2.05) is 34.6 Å².